The fourth-order valence-electron chi connectivity index (χ4n) is 4.26. The summed E-state index contributed by atoms with van der Waals surface area (Å²) in [5.41, 5.74) is 4.24. The van der Waals surface area contributed by atoms with E-state index in [2.05, 4.69) is 21.2 Å². The Balaban J connectivity index is 1.72. The molecule has 5 nitrogen and oxygen atoms in total. The summed E-state index contributed by atoms with van der Waals surface area (Å²) in [6.07, 6.45) is 5.54. The monoisotopic (exact) mass is 514 g/mol. The van der Waals surface area contributed by atoms with E-state index in [0.717, 1.165) is 52.4 Å². The van der Waals surface area contributed by atoms with Crippen LogP contribution >= 0.6 is 15.9 Å². The maximum Gasteiger partial charge on any atom is 0.261 e. The van der Waals surface area contributed by atoms with Crippen LogP contribution in [0.2, 0.25) is 0 Å². The lowest BCUT2D eigenvalue weighted by Gasteiger charge is -2.31. The number of ether oxygens (including phenoxy) is 1. The molecule has 2 aromatic rings. The second-order valence-corrected chi connectivity index (χ2v) is 9.98. The highest BCUT2D eigenvalue weighted by Crippen LogP contribution is 2.26. The zero-order valence-corrected chi connectivity index (χ0v) is 21.7. The van der Waals surface area contributed by atoms with Crippen molar-refractivity contribution in [2.45, 2.75) is 78.4 Å². The largest absolute Gasteiger partial charge is 0.484 e. The number of rotatable bonds is 8. The van der Waals surface area contributed by atoms with E-state index in [1.807, 2.05) is 57.2 Å². The molecule has 33 heavy (non-hydrogen) atoms. The highest BCUT2D eigenvalue weighted by atomic mass is 79.9. The quantitative estimate of drug-likeness (QED) is 0.497. The fourth-order valence-corrected chi connectivity index (χ4v) is 4.49. The van der Waals surface area contributed by atoms with Crippen LogP contribution in [-0.4, -0.2) is 35.4 Å². The third-order valence-corrected chi connectivity index (χ3v) is 7.62. The lowest BCUT2D eigenvalue weighted by molar-refractivity contribution is -0.142. The third-order valence-electron chi connectivity index (χ3n) is 6.36. The molecule has 0 aliphatic heterocycles. The summed E-state index contributed by atoms with van der Waals surface area (Å²) in [6, 6.07) is 11.5. The van der Waals surface area contributed by atoms with Crippen molar-refractivity contribution in [3.8, 4) is 5.75 Å². The number of nitrogens with zero attached hydrogens (tertiary/aromatic N) is 1. The minimum atomic E-state index is -0.585. The number of benzene rings is 2. The molecule has 1 fully saturated rings. The molecule has 1 aliphatic carbocycles. The van der Waals surface area contributed by atoms with Gasteiger partial charge in [-0.3, -0.25) is 9.59 Å². The molecule has 1 saturated carbocycles. The van der Waals surface area contributed by atoms with Crippen molar-refractivity contribution in [2.75, 3.05) is 6.61 Å². The van der Waals surface area contributed by atoms with E-state index in [1.54, 1.807) is 11.8 Å². The first-order chi connectivity index (χ1) is 15.7. The number of carbonyl (C=O) groups excluding carboxylic acids is 2. The highest BCUT2D eigenvalue weighted by Gasteiger charge is 2.28. The molecule has 1 N–H and O–H groups in total. The van der Waals surface area contributed by atoms with Crippen LogP contribution in [0.4, 0.5) is 0 Å². The van der Waals surface area contributed by atoms with E-state index < -0.39 is 6.04 Å². The van der Waals surface area contributed by atoms with Gasteiger partial charge in [0, 0.05) is 17.1 Å². The molecule has 0 spiro atoms. The molecule has 0 bridgehead atoms. The first-order valence-electron chi connectivity index (χ1n) is 11.8. The van der Waals surface area contributed by atoms with Gasteiger partial charge < -0.3 is 15.0 Å². The maximum absolute atomic E-state index is 13.3. The summed E-state index contributed by atoms with van der Waals surface area (Å²) in [7, 11) is 0. The van der Waals surface area contributed by atoms with Crippen molar-refractivity contribution in [1.29, 1.82) is 0 Å². The summed E-state index contributed by atoms with van der Waals surface area (Å²) in [5, 5.41) is 3.16. The molecule has 0 unspecified atom stereocenters. The second kappa shape index (κ2) is 11.7. The summed E-state index contributed by atoms with van der Waals surface area (Å²) < 4.78 is 6.90. The number of hydrogen-bond donors (Lipinski definition) is 1. The van der Waals surface area contributed by atoms with E-state index in [9.17, 15) is 9.59 Å². The van der Waals surface area contributed by atoms with Crippen LogP contribution in [0.3, 0.4) is 0 Å². The van der Waals surface area contributed by atoms with Crippen molar-refractivity contribution in [3.05, 3.63) is 63.1 Å². The maximum atomic E-state index is 13.3. The Morgan fingerprint density at radius 3 is 2.27 bits per heavy atom. The summed E-state index contributed by atoms with van der Waals surface area (Å²) in [5.74, 6) is 0.342. The van der Waals surface area contributed by atoms with Gasteiger partial charge in [0.1, 0.15) is 11.8 Å². The average molecular weight is 515 g/mol. The molecule has 0 radical (unpaired) electrons. The molecule has 2 amide bonds. The van der Waals surface area contributed by atoms with E-state index in [0.29, 0.717) is 12.3 Å². The van der Waals surface area contributed by atoms with Crippen molar-refractivity contribution in [2.24, 2.45) is 0 Å². The zero-order valence-electron chi connectivity index (χ0n) is 20.1. The number of nitrogens with one attached hydrogen (secondary N) is 1. The van der Waals surface area contributed by atoms with Crippen LogP contribution in [-0.2, 0) is 16.1 Å². The van der Waals surface area contributed by atoms with E-state index >= 15 is 0 Å². The number of aryl methyl sites for hydroxylation is 3. The number of hydrogen-bond acceptors (Lipinski definition) is 3. The fraction of sp³-hybridized carbons (Fsp3) is 0.481. The predicted molar refractivity (Wildman–Crippen MR) is 135 cm³/mol. The first kappa shape index (κ1) is 25.3. The molecule has 1 aliphatic rings. The molecule has 0 heterocycles. The smallest absolute Gasteiger partial charge is 0.261 e. The standard InChI is InChI=1S/C27H35BrN2O3/c1-18-10-12-22(13-11-18)16-30(21(4)27(32)29-23-8-6-5-7-9-23)25(31)17-33-24-14-19(2)26(28)20(3)15-24/h10-15,21,23H,5-9,16-17H2,1-4H3,(H,29,32)/t21-/m1/s1. The van der Waals surface area contributed by atoms with Crippen molar-refractivity contribution in [1.82, 2.24) is 10.2 Å². The molecule has 0 saturated heterocycles. The van der Waals surface area contributed by atoms with Crippen LogP contribution in [0.1, 0.15) is 61.3 Å². The molecule has 2 aromatic carbocycles. The van der Waals surface area contributed by atoms with Gasteiger partial charge in [0.05, 0.1) is 0 Å². The van der Waals surface area contributed by atoms with E-state index in [-0.39, 0.29) is 24.5 Å². The van der Waals surface area contributed by atoms with Gasteiger partial charge in [-0.05, 0) is 69.4 Å². The third kappa shape index (κ3) is 7.07. The van der Waals surface area contributed by atoms with Crippen LogP contribution in [0, 0.1) is 20.8 Å². The molecule has 1 atom stereocenters. The lowest BCUT2D eigenvalue weighted by atomic mass is 9.95. The first-order valence-corrected chi connectivity index (χ1v) is 12.6. The van der Waals surface area contributed by atoms with Crippen LogP contribution in [0.25, 0.3) is 0 Å². The lowest BCUT2D eigenvalue weighted by Crippen LogP contribution is -2.51. The predicted octanol–water partition coefficient (Wildman–Crippen LogP) is 5.62. The molecule has 0 aromatic heterocycles. The Kier molecular flexibility index (Phi) is 8.95. The Bertz CT molecular complexity index is 945. The van der Waals surface area contributed by atoms with Crippen LogP contribution < -0.4 is 10.1 Å². The number of carbonyl (C=O) groups is 2. The SMILES string of the molecule is Cc1ccc(CN(C(=O)COc2cc(C)c(Br)c(C)c2)[C@H](C)C(=O)NC2CCCCC2)cc1. The summed E-state index contributed by atoms with van der Waals surface area (Å²) in [4.78, 5) is 28.0. The van der Waals surface area contributed by atoms with Crippen molar-refractivity contribution in [3.63, 3.8) is 0 Å². The molecular formula is C27H35BrN2O3. The Morgan fingerprint density at radius 2 is 1.67 bits per heavy atom. The van der Waals surface area contributed by atoms with Gasteiger partial charge in [0.25, 0.3) is 5.91 Å². The Labute approximate surface area is 206 Å². The Hall–Kier alpha value is -2.34. The topological polar surface area (TPSA) is 58.6 Å². The van der Waals surface area contributed by atoms with Crippen molar-refractivity contribution < 1.29 is 14.3 Å². The van der Waals surface area contributed by atoms with Gasteiger partial charge in [0.2, 0.25) is 5.91 Å². The van der Waals surface area contributed by atoms with Gasteiger partial charge in [-0.25, -0.2) is 0 Å². The minimum Gasteiger partial charge on any atom is -0.484 e. The molecular weight excluding hydrogens is 480 g/mol. The van der Waals surface area contributed by atoms with Gasteiger partial charge in [-0.2, -0.15) is 0 Å². The van der Waals surface area contributed by atoms with Crippen LogP contribution in [0.15, 0.2) is 40.9 Å². The highest BCUT2D eigenvalue weighted by molar-refractivity contribution is 9.10. The minimum absolute atomic E-state index is 0.0994. The normalized spacial score (nSPS) is 15.1. The average Bonchev–Trinajstić information content (AvgIpc) is 2.80. The Morgan fingerprint density at radius 1 is 1.06 bits per heavy atom. The summed E-state index contributed by atoms with van der Waals surface area (Å²) >= 11 is 3.56. The van der Waals surface area contributed by atoms with Gasteiger partial charge in [-0.1, -0.05) is 65.0 Å². The molecule has 6 heteroatoms. The van der Waals surface area contributed by atoms with Gasteiger partial charge >= 0.3 is 0 Å². The van der Waals surface area contributed by atoms with Gasteiger partial charge in [-0.15, -0.1) is 0 Å². The van der Waals surface area contributed by atoms with Gasteiger partial charge in [0.15, 0.2) is 6.61 Å². The van der Waals surface area contributed by atoms with E-state index in [1.165, 1.54) is 6.42 Å². The molecule has 3 rings (SSSR count). The summed E-state index contributed by atoms with van der Waals surface area (Å²) in [6.45, 7) is 8.06. The zero-order chi connectivity index (χ0) is 24.0. The van der Waals surface area contributed by atoms with Crippen LogP contribution in [0.5, 0.6) is 5.75 Å². The number of halogens is 1. The molecule has 178 valence electrons. The van der Waals surface area contributed by atoms with E-state index in [4.69, 9.17) is 4.74 Å². The second-order valence-electron chi connectivity index (χ2n) is 9.19. The van der Waals surface area contributed by atoms with Crippen molar-refractivity contribution >= 4 is 27.7 Å². The number of amides is 2.